The number of halogens is 1. The van der Waals surface area contributed by atoms with E-state index in [1.54, 1.807) is 29.2 Å². The van der Waals surface area contributed by atoms with Crippen LogP contribution in [0.1, 0.15) is 18.4 Å². The highest BCUT2D eigenvalue weighted by atomic mass is 35.5. The number of benzene rings is 3. The number of hydrogen-bond acceptors (Lipinski definition) is 6. The third-order valence-corrected chi connectivity index (χ3v) is 9.59. The van der Waals surface area contributed by atoms with Crippen LogP contribution in [0.4, 0.5) is 5.69 Å². The summed E-state index contributed by atoms with van der Waals surface area (Å²) in [7, 11) is -2.47. The van der Waals surface area contributed by atoms with E-state index in [0.29, 0.717) is 42.3 Å². The Bertz CT molecular complexity index is 1510. The van der Waals surface area contributed by atoms with Crippen molar-refractivity contribution in [3.05, 3.63) is 83.4 Å². The first-order chi connectivity index (χ1) is 19.8. The Morgan fingerprint density at radius 3 is 2.46 bits per heavy atom. The Morgan fingerprint density at radius 1 is 1.02 bits per heavy atom. The molecule has 2 aliphatic heterocycles. The van der Waals surface area contributed by atoms with E-state index in [0.717, 1.165) is 5.56 Å². The number of piperidine rings is 1. The number of nitrogens with zero attached hydrogens (tertiary/aromatic N) is 2. The predicted octanol–water partition coefficient (Wildman–Crippen LogP) is 3.90. The van der Waals surface area contributed by atoms with Crippen molar-refractivity contribution in [2.75, 3.05) is 38.2 Å². The molecule has 11 heteroatoms. The van der Waals surface area contributed by atoms with Crippen LogP contribution in [0, 0.1) is 5.92 Å². The van der Waals surface area contributed by atoms with Crippen molar-refractivity contribution in [2.24, 2.45) is 5.92 Å². The molecule has 2 heterocycles. The summed E-state index contributed by atoms with van der Waals surface area (Å²) in [5, 5.41) is 3.22. The van der Waals surface area contributed by atoms with Gasteiger partial charge in [-0.1, -0.05) is 54.1 Å². The zero-order valence-electron chi connectivity index (χ0n) is 22.7. The first-order valence-electron chi connectivity index (χ1n) is 13.5. The monoisotopic (exact) mass is 597 g/mol. The number of hydrogen-bond donors (Lipinski definition) is 1. The van der Waals surface area contributed by atoms with Gasteiger partial charge in [-0.3, -0.25) is 9.59 Å². The van der Waals surface area contributed by atoms with Crippen LogP contribution in [0.25, 0.3) is 0 Å². The summed E-state index contributed by atoms with van der Waals surface area (Å²) in [6.07, 6.45) is 0.504. The van der Waals surface area contributed by atoms with Gasteiger partial charge >= 0.3 is 0 Å². The van der Waals surface area contributed by atoms with Gasteiger partial charge in [-0.05, 0) is 55.2 Å². The number of methoxy groups -OCH3 is 1. The molecule has 0 aliphatic carbocycles. The molecule has 2 amide bonds. The molecular formula is C30H32ClN3O6S. The number of rotatable bonds is 8. The smallest absolute Gasteiger partial charge is 0.262 e. The van der Waals surface area contributed by atoms with E-state index < -0.39 is 22.0 Å². The standard InChI is InChI=1S/C30H32ClN3O6S/c1-39-26-12-11-23(31)19-28(26)41(37,38)33-17-14-22(15-18-33)30(36)34-20-27(40-25-10-6-5-9-24(25)34)29(35)32-16-13-21-7-3-2-4-8-21/h2-12,19,22,27H,13-18,20H2,1H3,(H,32,35)/t27-/m1/s1. The van der Waals surface area contributed by atoms with Crippen molar-refractivity contribution in [2.45, 2.75) is 30.3 Å². The topological polar surface area (TPSA) is 105 Å². The summed E-state index contributed by atoms with van der Waals surface area (Å²) in [6.45, 7) is 0.863. The Balaban J connectivity index is 1.25. The van der Waals surface area contributed by atoms with Crippen molar-refractivity contribution in [1.82, 2.24) is 9.62 Å². The maximum atomic E-state index is 13.8. The molecular weight excluding hydrogens is 566 g/mol. The Labute approximate surface area is 245 Å². The summed E-state index contributed by atoms with van der Waals surface area (Å²) in [5.41, 5.74) is 1.71. The van der Waals surface area contributed by atoms with E-state index in [-0.39, 0.29) is 42.1 Å². The van der Waals surface area contributed by atoms with Crippen LogP contribution < -0.4 is 19.7 Å². The van der Waals surface area contributed by atoms with Crippen molar-refractivity contribution < 1.29 is 27.5 Å². The molecule has 1 atom stereocenters. The third-order valence-electron chi connectivity index (χ3n) is 7.43. The van der Waals surface area contributed by atoms with Crippen molar-refractivity contribution in [1.29, 1.82) is 0 Å². The molecule has 0 saturated carbocycles. The summed E-state index contributed by atoms with van der Waals surface area (Å²) in [5.74, 6) is -0.172. The number of amides is 2. The van der Waals surface area contributed by atoms with Crippen LogP contribution in [-0.2, 0) is 26.0 Å². The van der Waals surface area contributed by atoms with Gasteiger partial charge in [-0.25, -0.2) is 8.42 Å². The van der Waals surface area contributed by atoms with Crippen LogP contribution in [0.15, 0.2) is 77.7 Å². The second-order valence-corrected chi connectivity index (χ2v) is 12.4. The molecule has 2 aliphatic rings. The molecule has 0 unspecified atom stereocenters. The number of anilines is 1. The second kappa shape index (κ2) is 12.5. The summed E-state index contributed by atoms with van der Waals surface area (Å²) in [4.78, 5) is 28.4. The van der Waals surface area contributed by atoms with Crippen LogP contribution >= 0.6 is 11.6 Å². The van der Waals surface area contributed by atoms with Gasteiger partial charge in [0.25, 0.3) is 5.91 Å². The molecule has 9 nitrogen and oxygen atoms in total. The maximum Gasteiger partial charge on any atom is 0.262 e. The normalized spacial score (nSPS) is 17.8. The summed E-state index contributed by atoms with van der Waals surface area (Å²) in [6, 6.07) is 21.5. The Kier molecular flexibility index (Phi) is 8.82. The van der Waals surface area contributed by atoms with E-state index in [4.69, 9.17) is 21.1 Å². The van der Waals surface area contributed by atoms with Crippen molar-refractivity contribution in [3.8, 4) is 11.5 Å². The lowest BCUT2D eigenvalue weighted by Gasteiger charge is -2.38. The van der Waals surface area contributed by atoms with Gasteiger partial charge < -0.3 is 19.7 Å². The van der Waals surface area contributed by atoms with Gasteiger partial charge in [0.1, 0.15) is 16.4 Å². The lowest BCUT2D eigenvalue weighted by molar-refractivity contribution is -0.129. The van der Waals surface area contributed by atoms with Gasteiger partial charge in [0.15, 0.2) is 6.10 Å². The summed E-state index contributed by atoms with van der Waals surface area (Å²) >= 11 is 6.07. The van der Waals surface area contributed by atoms with Crippen molar-refractivity contribution in [3.63, 3.8) is 0 Å². The van der Waals surface area contributed by atoms with Gasteiger partial charge in [0, 0.05) is 30.6 Å². The van der Waals surface area contributed by atoms with E-state index >= 15 is 0 Å². The number of ether oxygens (including phenoxy) is 2. The highest BCUT2D eigenvalue weighted by Crippen LogP contribution is 2.36. The van der Waals surface area contributed by atoms with Gasteiger partial charge in [0.2, 0.25) is 15.9 Å². The lowest BCUT2D eigenvalue weighted by atomic mass is 9.95. The van der Waals surface area contributed by atoms with Gasteiger partial charge in [-0.15, -0.1) is 0 Å². The number of para-hydroxylation sites is 2. The maximum absolute atomic E-state index is 13.8. The zero-order valence-corrected chi connectivity index (χ0v) is 24.2. The molecule has 3 aromatic carbocycles. The number of sulfonamides is 1. The Morgan fingerprint density at radius 2 is 1.73 bits per heavy atom. The SMILES string of the molecule is COc1ccc(Cl)cc1S(=O)(=O)N1CCC(C(=O)N2C[C@H](C(=O)NCCc3ccccc3)Oc3ccccc32)CC1. The molecule has 1 fully saturated rings. The molecule has 5 rings (SSSR count). The average Bonchev–Trinajstić information content (AvgIpc) is 3.00. The quantitative estimate of drug-likeness (QED) is 0.422. The summed E-state index contributed by atoms with van der Waals surface area (Å²) < 4.78 is 39.4. The van der Waals surface area contributed by atoms with Crippen LogP contribution in [-0.4, -0.2) is 63.9 Å². The average molecular weight is 598 g/mol. The minimum absolute atomic E-state index is 0.000465. The van der Waals surface area contributed by atoms with Gasteiger partial charge in [0.05, 0.1) is 19.3 Å². The van der Waals surface area contributed by atoms with Crippen LogP contribution in [0.2, 0.25) is 5.02 Å². The number of carbonyl (C=O) groups is 2. The highest BCUT2D eigenvalue weighted by Gasteiger charge is 2.39. The molecule has 0 radical (unpaired) electrons. The predicted molar refractivity (Wildman–Crippen MR) is 156 cm³/mol. The minimum Gasteiger partial charge on any atom is -0.495 e. The fourth-order valence-electron chi connectivity index (χ4n) is 5.22. The zero-order chi connectivity index (χ0) is 29.0. The molecule has 216 valence electrons. The minimum atomic E-state index is -3.87. The second-order valence-electron chi connectivity index (χ2n) is 10.0. The number of nitrogens with one attached hydrogen (secondary N) is 1. The third kappa shape index (κ3) is 6.34. The molecule has 1 saturated heterocycles. The molecule has 0 aromatic heterocycles. The van der Waals surface area contributed by atoms with Gasteiger partial charge in [-0.2, -0.15) is 4.31 Å². The molecule has 0 bridgehead atoms. The van der Waals surface area contributed by atoms with E-state index in [9.17, 15) is 18.0 Å². The highest BCUT2D eigenvalue weighted by molar-refractivity contribution is 7.89. The number of carbonyl (C=O) groups excluding carboxylic acids is 2. The molecule has 3 aromatic rings. The molecule has 41 heavy (non-hydrogen) atoms. The number of fused-ring (bicyclic) bond motifs is 1. The fourth-order valence-corrected chi connectivity index (χ4v) is 7.11. The fraction of sp³-hybridized carbons (Fsp3) is 0.333. The first-order valence-corrected chi connectivity index (χ1v) is 15.3. The van der Waals surface area contributed by atoms with E-state index in [1.807, 2.05) is 36.4 Å². The van der Waals surface area contributed by atoms with Crippen LogP contribution in [0.3, 0.4) is 0 Å². The lowest BCUT2D eigenvalue weighted by Crippen LogP contribution is -2.53. The van der Waals surface area contributed by atoms with E-state index in [2.05, 4.69) is 5.32 Å². The van der Waals surface area contributed by atoms with E-state index in [1.165, 1.54) is 23.5 Å². The first kappa shape index (κ1) is 28.9. The molecule has 0 spiro atoms. The largest absolute Gasteiger partial charge is 0.495 e. The van der Waals surface area contributed by atoms with Crippen molar-refractivity contribution >= 4 is 39.1 Å². The Hall–Kier alpha value is -3.60. The van der Waals surface area contributed by atoms with Crippen LogP contribution in [0.5, 0.6) is 11.5 Å². The molecule has 1 N–H and O–H groups in total.